The second kappa shape index (κ2) is 7.07. The van der Waals surface area contributed by atoms with Gasteiger partial charge in [-0.15, -0.1) is 0 Å². The van der Waals surface area contributed by atoms with E-state index in [2.05, 4.69) is 14.9 Å². The second-order valence-electron chi connectivity index (χ2n) is 7.43. The van der Waals surface area contributed by atoms with Crippen LogP contribution in [0.15, 0.2) is 29.5 Å². The quantitative estimate of drug-likeness (QED) is 0.821. The van der Waals surface area contributed by atoms with E-state index in [1.807, 2.05) is 0 Å². The molecule has 1 aliphatic heterocycles. The lowest BCUT2D eigenvalue weighted by Gasteiger charge is -2.34. The van der Waals surface area contributed by atoms with Gasteiger partial charge in [-0.3, -0.25) is 19.2 Å². The molecule has 27 heavy (non-hydrogen) atoms. The highest BCUT2D eigenvalue weighted by Crippen LogP contribution is 2.29. The number of rotatable bonds is 4. The molecule has 0 amide bonds. The molecule has 144 valence electrons. The molecule has 2 aromatic rings. The highest BCUT2D eigenvalue weighted by molar-refractivity contribution is 5.21. The third kappa shape index (κ3) is 3.90. The topological polar surface area (TPSA) is 51.0 Å². The predicted octanol–water partition coefficient (Wildman–Crippen LogP) is 2.86. The van der Waals surface area contributed by atoms with E-state index in [0.717, 1.165) is 43.4 Å². The third-order valence-electron chi connectivity index (χ3n) is 5.48. The summed E-state index contributed by atoms with van der Waals surface area (Å²) < 4.78 is 39.3. The summed E-state index contributed by atoms with van der Waals surface area (Å²) in [4.78, 5) is 23.0. The van der Waals surface area contributed by atoms with Crippen molar-refractivity contribution in [2.24, 2.45) is 5.92 Å². The summed E-state index contributed by atoms with van der Waals surface area (Å²) in [5.41, 5.74) is 1.04. The molecular formula is C19H21F3N4O. The zero-order valence-electron chi connectivity index (χ0n) is 14.9. The standard InChI is InChI=1S/C19H21F3N4O/c20-19(21,22)17-5-4-14(8-23-17)10-26-12-24-16-6-7-25(9-13-2-1-3-13)11-15(16)18(26)27/h4-5,8,12-13H,1-3,6-7,9-11H2. The Kier molecular flexibility index (Phi) is 4.75. The first kappa shape index (κ1) is 18.2. The number of halogens is 3. The van der Waals surface area contributed by atoms with Gasteiger partial charge in [-0.25, -0.2) is 4.98 Å². The van der Waals surface area contributed by atoms with Gasteiger partial charge in [0, 0.05) is 32.3 Å². The molecule has 1 fully saturated rings. The van der Waals surface area contributed by atoms with Crippen molar-refractivity contribution in [1.82, 2.24) is 19.4 Å². The fourth-order valence-electron chi connectivity index (χ4n) is 3.70. The maximum atomic E-state index is 12.9. The van der Waals surface area contributed by atoms with E-state index >= 15 is 0 Å². The van der Waals surface area contributed by atoms with Crippen LogP contribution in [0.3, 0.4) is 0 Å². The number of fused-ring (bicyclic) bond motifs is 1. The Morgan fingerprint density at radius 1 is 1.19 bits per heavy atom. The van der Waals surface area contributed by atoms with Gasteiger partial charge in [0.05, 0.1) is 24.1 Å². The van der Waals surface area contributed by atoms with E-state index in [9.17, 15) is 18.0 Å². The number of hydrogen-bond donors (Lipinski definition) is 0. The Morgan fingerprint density at radius 3 is 2.63 bits per heavy atom. The molecule has 0 radical (unpaired) electrons. The Morgan fingerprint density at radius 2 is 2.00 bits per heavy atom. The Bertz CT molecular complexity index is 872. The first-order valence-corrected chi connectivity index (χ1v) is 9.22. The van der Waals surface area contributed by atoms with Gasteiger partial charge in [0.25, 0.3) is 5.56 Å². The van der Waals surface area contributed by atoms with Gasteiger partial charge >= 0.3 is 6.18 Å². The first-order chi connectivity index (χ1) is 12.9. The molecule has 0 bridgehead atoms. The molecule has 0 spiro atoms. The Labute approximate surface area is 154 Å². The van der Waals surface area contributed by atoms with Crippen LogP contribution in [-0.4, -0.2) is 32.5 Å². The van der Waals surface area contributed by atoms with Gasteiger partial charge in [-0.05, 0) is 30.4 Å². The fourth-order valence-corrected chi connectivity index (χ4v) is 3.70. The summed E-state index contributed by atoms with van der Waals surface area (Å²) in [7, 11) is 0. The Balaban J connectivity index is 1.51. The first-order valence-electron chi connectivity index (χ1n) is 9.22. The van der Waals surface area contributed by atoms with Crippen molar-refractivity contribution >= 4 is 0 Å². The van der Waals surface area contributed by atoms with Crippen molar-refractivity contribution in [3.05, 3.63) is 57.5 Å². The average molecular weight is 378 g/mol. The summed E-state index contributed by atoms with van der Waals surface area (Å²) in [6, 6.07) is 2.29. The van der Waals surface area contributed by atoms with Crippen molar-refractivity contribution in [2.75, 3.05) is 13.1 Å². The van der Waals surface area contributed by atoms with Gasteiger partial charge in [-0.1, -0.05) is 12.5 Å². The van der Waals surface area contributed by atoms with E-state index < -0.39 is 11.9 Å². The summed E-state index contributed by atoms with van der Waals surface area (Å²) in [5, 5.41) is 0. The minimum Gasteiger partial charge on any atom is -0.298 e. The van der Waals surface area contributed by atoms with Gasteiger partial charge < -0.3 is 0 Å². The lowest BCUT2D eigenvalue weighted by molar-refractivity contribution is -0.141. The third-order valence-corrected chi connectivity index (χ3v) is 5.48. The van der Waals surface area contributed by atoms with E-state index in [4.69, 9.17) is 0 Å². The number of nitrogens with zero attached hydrogens (tertiary/aromatic N) is 4. The number of pyridine rings is 1. The molecular weight excluding hydrogens is 357 g/mol. The molecule has 1 aliphatic carbocycles. The van der Waals surface area contributed by atoms with Crippen LogP contribution in [0.2, 0.25) is 0 Å². The van der Waals surface area contributed by atoms with Crippen LogP contribution in [0.1, 0.15) is 41.8 Å². The van der Waals surface area contributed by atoms with Crippen molar-refractivity contribution in [1.29, 1.82) is 0 Å². The molecule has 4 rings (SSSR count). The Hall–Kier alpha value is -2.22. The molecule has 2 aromatic heterocycles. The van der Waals surface area contributed by atoms with E-state index in [1.54, 1.807) is 0 Å². The maximum Gasteiger partial charge on any atom is 0.433 e. The van der Waals surface area contributed by atoms with Gasteiger partial charge in [0.1, 0.15) is 5.69 Å². The molecule has 0 unspecified atom stereocenters. The van der Waals surface area contributed by atoms with Crippen molar-refractivity contribution in [3.63, 3.8) is 0 Å². The minimum absolute atomic E-state index is 0.113. The SMILES string of the molecule is O=c1c2c(ncn1Cc1ccc(C(F)(F)F)nc1)CCN(CC1CCC1)C2. The van der Waals surface area contributed by atoms with Crippen LogP contribution >= 0.6 is 0 Å². The summed E-state index contributed by atoms with van der Waals surface area (Å²) in [6.45, 7) is 2.70. The van der Waals surface area contributed by atoms with Crippen LogP contribution in [-0.2, 0) is 25.7 Å². The lowest BCUT2D eigenvalue weighted by Crippen LogP contribution is -2.40. The van der Waals surface area contributed by atoms with E-state index in [1.165, 1.54) is 36.2 Å². The fraction of sp³-hybridized carbons (Fsp3) is 0.526. The number of aromatic nitrogens is 3. The van der Waals surface area contributed by atoms with Crippen molar-refractivity contribution in [3.8, 4) is 0 Å². The van der Waals surface area contributed by atoms with Crippen LogP contribution in [0.25, 0.3) is 0 Å². The molecule has 0 aromatic carbocycles. The number of alkyl halides is 3. The van der Waals surface area contributed by atoms with Crippen LogP contribution in [0.5, 0.6) is 0 Å². The van der Waals surface area contributed by atoms with E-state index in [0.29, 0.717) is 17.7 Å². The largest absolute Gasteiger partial charge is 0.433 e. The smallest absolute Gasteiger partial charge is 0.298 e. The minimum atomic E-state index is -4.47. The van der Waals surface area contributed by atoms with Crippen LogP contribution in [0.4, 0.5) is 13.2 Å². The summed E-state index contributed by atoms with van der Waals surface area (Å²) in [6.07, 6.45) is 2.78. The maximum absolute atomic E-state index is 12.9. The molecule has 3 heterocycles. The lowest BCUT2D eigenvalue weighted by atomic mass is 9.85. The van der Waals surface area contributed by atoms with Crippen LogP contribution in [0, 0.1) is 5.92 Å². The molecule has 2 aliphatic rings. The zero-order chi connectivity index (χ0) is 19.0. The highest BCUT2D eigenvalue weighted by atomic mass is 19.4. The molecule has 0 N–H and O–H groups in total. The zero-order valence-corrected chi connectivity index (χ0v) is 14.9. The second-order valence-corrected chi connectivity index (χ2v) is 7.43. The monoisotopic (exact) mass is 378 g/mol. The van der Waals surface area contributed by atoms with Crippen molar-refractivity contribution < 1.29 is 13.2 Å². The van der Waals surface area contributed by atoms with Gasteiger partial charge in [0.15, 0.2) is 0 Å². The predicted molar refractivity (Wildman–Crippen MR) is 93.2 cm³/mol. The van der Waals surface area contributed by atoms with E-state index in [-0.39, 0.29) is 12.1 Å². The summed E-state index contributed by atoms with van der Waals surface area (Å²) in [5.74, 6) is 0.740. The highest BCUT2D eigenvalue weighted by Gasteiger charge is 2.32. The van der Waals surface area contributed by atoms with Crippen molar-refractivity contribution in [2.45, 2.75) is 44.9 Å². The summed E-state index contributed by atoms with van der Waals surface area (Å²) >= 11 is 0. The molecule has 5 nitrogen and oxygen atoms in total. The number of hydrogen-bond acceptors (Lipinski definition) is 4. The van der Waals surface area contributed by atoms with Gasteiger partial charge in [0.2, 0.25) is 0 Å². The molecule has 0 atom stereocenters. The normalized spacial score (nSPS) is 18.2. The molecule has 1 saturated carbocycles. The molecule has 8 heteroatoms. The average Bonchev–Trinajstić information content (AvgIpc) is 2.60. The van der Waals surface area contributed by atoms with Gasteiger partial charge in [-0.2, -0.15) is 13.2 Å². The van der Waals surface area contributed by atoms with Crippen LogP contribution < -0.4 is 5.56 Å². The molecule has 0 saturated heterocycles.